The average Bonchev–Trinajstić information content (AvgIpc) is 3.07. The van der Waals surface area contributed by atoms with E-state index in [1.807, 2.05) is 42.5 Å². The maximum Gasteiger partial charge on any atom is 0.310 e. The van der Waals surface area contributed by atoms with Crippen molar-refractivity contribution in [3.63, 3.8) is 0 Å². The first-order valence-electron chi connectivity index (χ1n) is 8.88. The standard InChI is InChI=1S/C22H19NO4S/c24-17-12-10-16(11-13-17)18-7-4-8-20-21(18)19(22(23-20)28(25,26)27)14-9-15-5-2-1-3-6-15/h1-8,10-13,23-24H,9,14H2,(H,25,26,27). The minimum Gasteiger partial charge on any atom is -0.508 e. The molecule has 0 aliphatic carbocycles. The summed E-state index contributed by atoms with van der Waals surface area (Å²) in [6.45, 7) is 0. The van der Waals surface area contributed by atoms with Gasteiger partial charge in [-0.05, 0) is 47.7 Å². The van der Waals surface area contributed by atoms with Crippen molar-refractivity contribution in [3.8, 4) is 16.9 Å². The van der Waals surface area contributed by atoms with Gasteiger partial charge in [0.15, 0.2) is 5.03 Å². The predicted octanol–water partition coefficient (Wildman–Crippen LogP) is 4.57. The van der Waals surface area contributed by atoms with Gasteiger partial charge in [0.1, 0.15) is 5.75 Å². The number of fused-ring (bicyclic) bond motifs is 1. The van der Waals surface area contributed by atoms with Gasteiger partial charge in [-0.1, -0.05) is 54.6 Å². The van der Waals surface area contributed by atoms with Crippen molar-refractivity contribution in [2.45, 2.75) is 17.9 Å². The third-order valence-corrected chi connectivity index (χ3v) is 5.70. The quantitative estimate of drug-likeness (QED) is 0.433. The fourth-order valence-electron chi connectivity index (χ4n) is 3.55. The third kappa shape index (κ3) is 3.52. The van der Waals surface area contributed by atoms with E-state index in [0.29, 0.717) is 23.9 Å². The van der Waals surface area contributed by atoms with Crippen LogP contribution in [0.4, 0.5) is 0 Å². The highest BCUT2D eigenvalue weighted by molar-refractivity contribution is 7.85. The molecule has 0 unspecified atom stereocenters. The molecule has 28 heavy (non-hydrogen) atoms. The lowest BCUT2D eigenvalue weighted by molar-refractivity contribution is 0.475. The second-order valence-electron chi connectivity index (χ2n) is 6.67. The minimum absolute atomic E-state index is 0.160. The lowest BCUT2D eigenvalue weighted by Crippen LogP contribution is -2.03. The Morgan fingerprint density at radius 1 is 0.821 bits per heavy atom. The van der Waals surface area contributed by atoms with Crippen LogP contribution in [-0.4, -0.2) is 23.1 Å². The molecule has 5 nitrogen and oxygen atoms in total. The monoisotopic (exact) mass is 393 g/mol. The zero-order chi connectivity index (χ0) is 19.7. The lowest BCUT2D eigenvalue weighted by Gasteiger charge is -2.08. The van der Waals surface area contributed by atoms with Gasteiger partial charge in [-0.3, -0.25) is 4.55 Å². The number of H-pyrrole nitrogens is 1. The Hall–Kier alpha value is -3.09. The molecule has 142 valence electrons. The van der Waals surface area contributed by atoms with Crippen LogP contribution in [0.25, 0.3) is 22.0 Å². The summed E-state index contributed by atoms with van der Waals surface area (Å²) in [6, 6.07) is 22.1. The van der Waals surface area contributed by atoms with Gasteiger partial charge in [-0.25, -0.2) is 0 Å². The normalized spacial score (nSPS) is 11.8. The first-order chi connectivity index (χ1) is 13.4. The molecule has 3 aromatic carbocycles. The number of aromatic nitrogens is 1. The molecule has 0 saturated carbocycles. The van der Waals surface area contributed by atoms with Gasteiger partial charge in [0, 0.05) is 16.5 Å². The van der Waals surface area contributed by atoms with E-state index in [9.17, 15) is 18.1 Å². The number of rotatable bonds is 5. The van der Waals surface area contributed by atoms with Crippen LogP contribution >= 0.6 is 0 Å². The Morgan fingerprint density at radius 2 is 1.54 bits per heavy atom. The van der Waals surface area contributed by atoms with Crippen LogP contribution in [0.2, 0.25) is 0 Å². The molecule has 4 rings (SSSR count). The van der Waals surface area contributed by atoms with Crippen molar-refractivity contribution in [2.75, 3.05) is 0 Å². The molecule has 6 heteroatoms. The highest BCUT2D eigenvalue weighted by Crippen LogP contribution is 2.35. The molecule has 0 bridgehead atoms. The van der Waals surface area contributed by atoms with Crippen molar-refractivity contribution in [1.82, 2.24) is 4.98 Å². The van der Waals surface area contributed by atoms with Crippen molar-refractivity contribution in [2.24, 2.45) is 0 Å². The van der Waals surface area contributed by atoms with E-state index in [2.05, 4.69) is 4.98 Å². The van der Waals surface area contributed by atoms with Crippen molar-refractivity contribution in [1.29, 1.82) is 0 Å². The number of aromatic amines is 1. The van der Waals surface area contributed by atoms with E-state index >= 15 is 0 Å². The van der Waals surface area contributed by atoms with Crippen molar-refractivity contribution >= 4 is 21.0 Å². The highest BCUT2D eigenvalue weighted by atomic mass is 32.2. The summed E-state index contributed by atoms with van der Waals surface area (Å²) < 4.78 is 33.8. The zero-order valence-corrected chi connectivity index (χ0v) is 15.8. The number of phenolic OH excluding ortho intramolecular Hbond substituents is 1. The van der Waals surface area contributed by atoms with E-state index < -0.39 is 10.1 Å². The Morgan fingerprint density at radius 3 is 2.21 bits per heavy atom. The Bertz CT molecular complexity index is 1230. The number of aromatic hydroxyl groups is 1. The molecule has 3 N–H and O–H groups in total. The van der Waals surface area contributed by atoms with Crippen LogP contribution in [0.1, 0.15) is 11.1 Å². The molecule has 0 fully saturated rings. The molecule has 0 spiro atoms. The number of hydrogen-bond donors (Lipinski definition) is 3. The van der Waals surface area contributed by atoms with Gasteiger partial charge in [0.05, 0.1) is 0 Å². The first kappa shape index (κ1) is 18.3. The van der Waals surface area contributed by atoms with Gasteiger partial charge in [0.25, 0.3) is 0 Å². The van der Waals surface area contributed by atoms with Gasteiger partial charge < -0.3 is 10.1 Å². The molecule has 1 aromatic heterocycles. The molecule has 0 amide bonds. The molecular weight excluding hydrogens is 374 g/mol. The fourth-order valence-corrected chi connectivity index (χ4v) is 4.30. The van der Waals surface area contributed by atoms with Crippen molar-refractivity contribution in [3.05, 3.63) is 83.9 Å². The third-order valence-electron chi connectivity index (χ3n) is 4.83. The van der Waals surface area contributed by atoms with E-state index in [0.717, 1.165) is 22.1 Å². The summed E-state index contributed by atoms with van der Waals surface area (Å²) in [7, 11) is -4.40. The number of phenols is 1. The maximum absolute atomic E-state index is 12.0. The number of hydrogen-bond acceptors (Lipinski definition) is 3. The number of aryl methyl sites for hydroxylation is 2. The zero-order valence-electron chi connectivity index (χ0n) is 15.0. The predicted molar refractivity (Wildman–Crippen MR) is 109 cm³/mol. The molecule has 0 aliphatic heterocycles. The SMILES string of the molecule is O=S(=O)(O)c1[nH]c2cccc(-c3ccc(O)cc3)c2c1CCc1ccccc1. The van der Waals surface area contributed by atoms with Crippen LogP contribution in [0.5, 0.6) is 5.75 Å². The smallest absolute Gasteiger partial charge is 0.310 e. The molecular formula is C22H19NO4S. The summed E-state index contributed by atoms with van der Waals surface area (Å²) in [6.07, 6.45) is 1.09. The topological polar surface area (TPSA) is 90.4 Å². The molecule has 0 atom stereocenters. The second kappa shape index (κ2) is 7.14. The van der Waals surface area contributed by atoms with Crippen LogP contribution in [0.15, 0.2) is 77.8 Å². The highest BCUT2D eigenvalue weighted by Gasteiger charge is 2.23. The molecule has 1 heterocycles. The summed E-state index contributed by atoms with van der Waals surface area (Å²) >= 11 is 0. The summed E-state index contributed by atoms with van der Waals surface area (Å²) in [5.41, 5.74) is 3.98. The number of nitrogens with one attached hydrogen (secondary N) is 1. The molecule has 4 aromatic rings. The van der Waals surface area contributed by atoms with Crippen LogP contribution < -0.4 is 0 Å². The summed E-state index contributed by atoms with van der Waals surface area (Å²) in [5, 5.41) is 10.2. The second-order valence-corrected chi connectivity index (χ2v) is 8.03. The van der Waals surface area contributed by atoms with Crippen LogP contribution in [0.3, 0.4) is 0 Å². The lowest BCUT2D eigenvalue weighted by atomic mass is 9.96. The fraction of sp³-hybridized carbons (Fsp3) is 0.0909. The van der Waals surface area contributed by atoms with Gasteiger partial charge in [0.2, 0.25) is 0 Å². The first-order valence-corrected chi connectivity index (χ1v) is 10.3. The Labute approximate surface area is 163 Å². The molecule has 0 aliphatic rings. The van der Waals surface area contributed by atoms with Gasteiger partial charge in [-0.15, -0.1) is 0 Å². The molecule has 0 saturated heterocycles. The summed E-state index contributed by atoms with van der Waals surface area (Å²) in [4.78, 5) is 2.87. The molecule has 0 radical (unpaired) electrons. The van der Waals surface area contributed by atoms with Gasteiger partial charge in [-0.2, -0.15) is 8.42 Å². The van der Waals surface area contributed by atoms with E-state index in [-0.39, 0.29) is 10.8 Å². The summed E-state index contributed by atoms with van der Waals surface area (Å²) in [5.74, 6) is 0.160. The van der Waals surface area contributed by atoms with Crippen molar-refractivity contribution < 1.29 is 18.1 Å². The number of benzene rings is 3. The minimum atomic E-state index is -4.40. The largest absolute Gasteiger partial charge is 0.508 e. The van der Waals surface area contributed by atoms with E-state index in [1.165, 1.54) is 0 Å². The van der Waals surface area contributed by atoms with Gasteiger partial charge >= 0.3 is 10.1 Å². The van der Waals surface area contributed by atoms with Crippen LogP contribution in [0, 0.1) is 0 Å². The Kier molecular flexibility index (Phi) is 4.66. The van der Waals surface area contributed by atoms with E-state index in [4.69, 9.17) is 0 Å². The van der Waals surface area contributed by atoms with E-state index in [1.54, 1.807) is 30.3 Å². The maximum atomic E-state index is 12.0. The Balaban J connectivity index is 1.90. The van der Waals surface area contributed by atoms with Crippen LogP contribution in [-0.2, 0) is 23.0 Å². The average molecular weight is 393 g/mol.